The molecule has 1 aromatic carbocycles. The van der Waals surface area contributed by atoms with Crippen molar-refractivity contribution in [2.24, 2.45) is 0 Å². The maximum absolute atomic E-state index is 6.95. The molecule has 0 bridgehead atoms. The fourth-order valence-electron chi connectivity index (χ4n) is 2.84. The smallest absolute Gasteiger partial charge is 0.396 e. The van der Waals surface area contributed by atoms with Gasteiger partial charge in [-0.05, 0) is 82.8 Å². The van der Waals surface area contributed by atoms with Gasteiger partial charge in [0.15, 0.2) is 25.0 Å². The van der Waals surface area contributed by atoms with Gasteiger partial charge in [0, 0.05) is 0 Å². The van der Waals surface area contributed by atoms with Crippen LogP contribution in [0.25, 0.3) is 6.08 Å². The third kappa shape index (κ3) is 8.72. The van der Waals surface area contributed by atoms with Crippen LogP contribution >= 0.6 is 0 Å². The van der Waals surface area contributed by atoms with E-state index < -0.39 is 42.3 Å². The molecular formula is C19H40O4Si5. The van der Waals surface area contributed by atoms with Gasteiger partial charge in [0.05, 0.1) is 0 Å². The van der Waals surface area contributed by atoms with E-state index in [1.165, 1.54) is 5.19 Å². The molecule has 4 nitrogen and oxygen atoms in total. The first-order valence-electron chi connectivity index (χ1n) is 9.91. The Hall–Kier alpha value is -0.116. The van der Waals surface area contributed by atoms with Crippen molar-refractivity contribution >= 4 is 53.6 Å². The van der Waals surface area contributed by atoms with Gasteiger partial charge in [-0.15, -0.1) is 0 Å². The van der Waals surface area contributed by atoms with Crippen molar-refractivity contribution in [2.75, 3.05) is 0 Å². The lowest BCUT2D eigenvalue weighted by Gasteiger charge is -2.44. The van der Waals surface area contributed by atoms with Crippen molar-refractivity contribution in [1.82, 2.24) is 0 Å². The standard InChI is InChI=1S/C19H40O4Si5/c1-13-18-16-14-15-17-19(18)27(11,12)23-28(20-24(2,3)4,21-25(5,6)7)22-26(8,9)10/h13-17H,1H2,2-12H3. The number of rotatable bonds is 10. The lowest BCUT2D eigenvalue weighted by molar-refractivity contribution is 0.150. The van der Waals surface area contributed by atoms with Gasteiger partial charge in [-0.1, -0.05) is 36.9 Å². The molecule has 0 radical (unpaired) electrons. The summed E-state index contributed by atoms with van der Waals surface area (Å²) in [6.45, 7) is 27.9. The molecule has 0 heterocycles. The van der Waals surface area contributed by atoms with Crippen molar-refractivity contribution < 1.29 is 16.5 Å². The molecule has 28 heavy (non-hydrogen) atoms. The highest BCUT2D eigenvalue weighted by Gasteiger charge is 2.56. The summed E-state index contributed by atoms with van der Waals surface area (Å²) in [5.74, 6) is 0. The molecule has 0 aromatic heterocycles. The summed E-state index contributed by atoms with van der Waals surface area (Å²) >= 11 is 0. The first-order valence-corrected chi connectivity index (χ1v) is 24.7. The lowest BCUT2D eigenvalue weighted by atomic mass is 10.2. The van der Waals surface area contributed by atoms with Crippen LogP contribution in [0.2, 0.25) is 72.0 Å². The average molecular weight is 473 g/mol. The molecular weight excluding hydrogens is 433 g/mol. The predicted molar refractivity (Wildman–Crippen MR) is 134 cm³/mol. The first-order chi connectivity index (χ1) is 12.4. The molecule has 0 saturated heterocycles. The van der Waals surface area contributed by atoms with Crippen LogP contribution in [0.3, 0.4) is 0 Å². The number of hydrogen-bond acceptors (Lipinski definition) is 4. The van der Waals surface area contributed by atoms with Crippen molar-refractivity contribution in [2.45, 2.75) is 72.0 Å². The Labute approximate surface area is 178 Å². The topological polar surface area (TPSA) is 36.9 Å². The monoisotopic (exact) mass is 472 g/mol. The molecule has 0 N–H and O–H groups in total. The third-order valence-electron chi connectivity index (χ3n) is 3.50. The van der Waals surface area contributed by atoms with Gasteiger partial charge in [-0.25, -0.2) is 0 Å². The molecule has 0 unspecified atom stereocenters. The minimum absolute atomic E-state index is 1.11. The molecule has 160 valence electrons. The Kier molecular flexibility index (Phi) is 8.28. The van der Waals surface area contributed by atoms with Crippen molar-refractivity contribution in [3.8, 4) is 0 Å². The number of hydrogen-bond donors (Lipinski definition) is 0. The SMILES string of the molecule is C=Cc1ccccc1[Si](C)(C)O[Si](O[Si](C)(C)C)(O[Si](C)(C)C)O[Si](C)(C)C. The summed E-state index contributed by atoms with van der Waals surface area (Å²) in [6, 6.07) is 8.31. The van der Waals surface area contributed by atoms with Crippen molar-refractivity contribution in [3.05, 3.63) is 36.4 Å². The van der Waals surface area contributed by atoms with Crippen LogP contribution < -0.4 is 5.19 Å². The van der Waals surface area contributed by atoms with Gasteiger partial charge in [0.25, 0.3) is 0 Å². The van der Waals surface area contributed by atoms with Gasteiger partial charge in [0.1, 0.15) is 0 Å². The van der Waals surface area contributed by atoms with Crippen molar-refractivity contribution in [3.63, 3.8) is 0 Å². The van der Waals surface area contributed by atoms with Crippen LogP contribution in [0.1, 0.15) is 5.56 Å². The highest BCUT2D eigenvalue weighted by atomic mass is 28.5. The normalized spacial score (nSPS) is 14.2. The average Bonchev–Trinajstić information content (AvgIpc) is 2.40. The van der Waals surface area contributed by atoms with E-state index in [4.69, 9.17) is 16.5 Å². The lowest BCUT2D eigenvalue weighted by Crippen LogP contribution is -2.67. The molecule has 0 fully saturated rings. The summed E-state index contributed by atoms with van der Waals surface area (Å²) in [5, 5.41) is 1.19. The van der Waals surface area contributed by atoms with E-state index in [1.807, 2.05) is 12.1 Å². The summed E-state index contributed by atoms with van der Waals surface area (Å²) in [5.41, 5.74) is 1.11. The van der Waals surface area contributed by atoms with Crippen LogP contribution in [0.5, 0.6) is 0 Å². The van der Waals surface area contributed by atoms with Crippen LogP contribution in [0, 0.1) is 0 Å². The summed E-state index contributed by atoms with van der Waals surface area (Å²) in [7, 11) is -11.7. The van der Waals surface area contributed by atoms with E-state index in [2.05, 4.69) is 96.8 Å². The summed E-state index contributed by atoms with van der Waals surface area (Å²) in [6.07, 6.45) is 1.90. The zero-order valence-corrected chi connectivity index (χ0v) is 24.7. The van der Waals surface area contributed by atoms with Crippen molar-refractivity contribution in [1.29, 1.82) is 0 Å². The fraction of sp³-hybridized carbons (Fsp3) is 0.579. The van der Waals surface area contributed by atoms with Crippen LogP contribution in [-0.2, 0) is 16.5 Å². The van der Waals surface area contributed by atoms with Gasteiger partial charge < -0.3 is 16.5 Å². The Balaban J connectivity index is 3.52. The summed E-state index contributed by atoms with van der Waals surface area (Å²) < 4.78 is 27.0. The molecule has 1 rings (SSSR count). The third-order valence-corrected chi connectivity index (χ3v) is 18.6. The Morgan fingerprint density at radius 3 is 1.39 bits per heavy atom. The highest BCUT2D eigenvalue weighted by molar-refractivity contribution is 6.95. The quantitative estimate of drug-likeness (QED) is 0.406. The largest absolute Gasteiger partial charge is 0.637 e. The maximum Gasteiger partial charge on any atom is 0.637 e. The van der Waals surface area contributed by atoms with Gasteiger partial charge in [-0.3, -0.25) is 0 Å². The zero-order chi connectivity index (χ0) is 22.0. The first kappa shape index (κ1) is 25.9. The minimum Gasteiger partial charge on any atom is -0.396 e. The minimum atomic E-state index is -3.34. The van der Waals surface area contributed by atoms with Gasteiger partial charge >= 0.3 is 9.05 Å². The molecule has 9 heteroatoms. The van der Waals surface area contributed by atoms with Gasteiger partial charge in [0.2, 0.25) is 8.32 Å². The second-order valence-corrected chi connectivity index (χ2v) is 31.0. The maximum atomic E-state index is 6.95. The van der Waals surface area contributed by atoms with E-state index in [0.717, 1.165) is 5.56 Å². The molecule has 1 aromatic rings. The predicted octanol–water partition coefficient (Wildman–Crippen LogP) is 5.75. The van der Waals surface area contributed by atoms with Crippen LogP contribution in [0.15, 0.2) is 30.8 Å². The van der Waals surface area contributed by atoms with E-state index in [1.54, 1.807) is 0 Å². The second kappa shape index (κ2) is 8.94. The summed E-state index contributed by atoms with van der Waals surface area (Å²) in [4.78, 5) is 0. The van der Waals surface area contributed by atoms with E-state index in [-0.39, 0.29) is 0 Å². The number of benzene rings is 1. The Morgan fingerprint density at radius 2 is 1.04 bits per heavy atom. The highest BCUT2D eigenvalue weighted by Crippen LogP contribution is 2.29. The van der Waals surface area contributed by atoms with E-state index in [0.29, 0.717) is 0 Å². The van der Waals surface area contributed by atoms with E-state index >= 15 is 0 Å². The van der Waals surface area contributed by atoms with E-state index in [9.17, 15) is 0 Å². The second-order valence-electron chi connectivity index (χ2n) is 10.5. The molecule has 0 spiro atoms. The molecule has 0 aliphatic heterocycles. The van der Waals surface area contributed by atoms with Gasteiger partial charge in [-0.2, -0.15) is 0 Å². The molecule has 0 aliphatic rings. The molecule has 0 atom stereocenters. The Morgan fingerprint density at radius 1 is 0.643 bits per heavy atom. The molecule has 0 amide bonds. The molecule has 0 aliphatic carbocycles. The van der Waals surface area contributed by atoms with Crippen LogP contribution in [-0.4, -0.2) is 42.3 Å². The zero-order valence-electron chi connectivity index (χ0n) is 19.7. The fourth-order valence-corrected chi connectivity index (χ4v) is 19.4. The van der Waals surface area contributed by atoms with Crippen LogP contribution in [0.4, 0.5) is 0 Å². The molecule has 0 saturated carbocycles. The Bertz CT molecular complexity index is 631.